The third-order valence-corrected chi connectivity index (χ3v) is 3.28. The summed E-state index contributed by atoms with van der Waals surface area (Å²) in [5, 5.41) is 13.0. The Labute approximate surface area is 117 Å². The van der Waals surface area contributed by atoms with Gasteiger partial charge in [-0.25, -0.2) is 4.79 Å². The lowest BCUT2D eigenvalue weighted by molar-refractivity contribution is 0.0695. The van der Waals surface area contributed by atoms with Crippen LogP contribution in [0.5, 0.6) is 0 Å². The van der Waals surface area contributed by atoms with Gasteiger partial charge in [-0.15, -0.1) is 0 Å². The van der Waals surface area contributed by atoms with E-state index < -0.39 is 5.97 Å². The Bertz CT molecular complexity index is 703. The maximum atomic E-state index is 12.0. The molecule has 0 spiro atoms. The lowest BCUT2D eigenvalue weighted by atomic mass is 10.2. The highest BCUT2D eigenvalue weighted by molar-refractivity contribution is 9.10. The lowest BCUT2D eigenvalue weighted by Gasteiger charge is -2.09. The van der Waals surface area contributed by atoms with Crippen LogP contribution in [0.3, 0.4) is 0 Å². The first-order valence-electron chi connectivity index (χ1n) is 5.51. The van der Waals surface area contributed by atoms with Crippen LogP contribution in [0.15, 0.2) is 27.7 Å². The molecule has 100 valence electrons. The molecule has 0 saturated heterocycles. The highest BCUT2D eigenvalue weighted by atomic mass is 79.9. The zero-order valence-corrected chi connectivity index (χ0v) is 12.0. The maximum Gasteiger partial charge on any atom is 0.339 e. The van der Waals surface area contributed by atoms with Crippen LogP contribution >= 0.6 is 15.9 Å². The fourth-order valence-electron chi connectivity index (χ4n) is 1.85. The molecule has 6 nitrogen and oxygen atoms in total. The molecular weight excluding hydrogens is 314 g/mol. The number of aromatic carboxylic acids is 1. The monoisotopic (exact) mass is 325 g/mol. The van der Waals surface area contributed by atoms with E-state index in [1.807, 2.05) is 0 Å². The van der Waals surface area contributed by atoms with Crippen molar-refractivity contribution in [1.82, 2.24) is 14.3 Å². The molecule has 0 saturated carbocycles. The average molecular weight is 326 g/mol. The smallest absolute Gasteiger partial charge is 0.339 e. The minimum Gasteiger partial charge on any atom is -0.478 e. The normalized spacial score (nSPS) is 10.7. The van der Waals surface area contributed by atoms with Gasteiger partial charge in [0.25, 0.3) is 5.56 Å². The second-order valence-corrected chi connectivity index (χ2v) is 5.12. The van der Waals surface area contributed by atoms with Gasteiger partial charge in [0.15, 0.2) is 0 Å². The van der Waals surface area contributed by atoms with E-state index in [1.165, 1.54) is 15.4 Å². The van der Waals surface area contributed by atoms with E-state index in [0.717, 1.165) is 4.47 Å². The Morgan fingerprint density at radius 1 is 1.53 bits per heavy atom. The highest BCUT2D eigenvalue weighted by Gasteiger charge is 2.16. The van der Waals surface area contributed by atoms with Gasteiger partial charge < -0.3 is 9.67 Å². The summed E-state index contributed by atoms with van der Waals surface area (Å²) in [6.07, 6.45) is 2.92. The molecule has 7 heteroatoms. The number of aromatic nitrogens is 3. The molecule has 0 fully saturated rings. The summed E-state index contributed by atoms with van der Waals surface area (Å²) in [5.41, 5.74) is 1.02. The Morgan fingerprint density at radius 2 is 2.21 bits per heavy atom. The summed E-state index contributed by atoms with van der Waals surface area (Å²) in [4.78, 5) is 23.1. The van der Waals surface area contributed by atoms with Crippen molar-refractivity contribution >= 4 is 21.9 Å². The Morgan fingerprint density at radius 3 is 2.84 bits per heavy atom. The van der Waals surface area contributed by atoms with Crippen molar-refractivity contribution in [2.45, 2.75) is 13.5 Å². The average Bonchev–Trinajstić information content (AvgIpc) is 2.67. The first-order chi connectivity index (χ1) is 8.90. The first-order valence-corrected chi connectivity index (χ1v) is 6.30. The topological polar surface area (TPSA) is 77.1 Å². The molecule has 19 heavy (non-hydrogen) atoms. The van der Waals surface area contributed by atoms with Crippen molar-refractivity contribution in [2.24, 2.45) is 7.05 Å². The van der Waals surface area contributed by atoms with Crippen LogP contribution in [-0.2, 0) is 13.6 Å². The van der Waals surface area contributed by atoms with Gasteiger partial charge >= 0.3 is 5.97 Å². The fourth-order valence-corrected chi connectivity index (χ4v) is 2.44. The van der Waals surface area contributed by atoms with E-state index in [-0.39, 0.29) is 17.7 Å². The molecule has 2 aromatic rings. The molecule has 1 N–H and O–H groups in total. The van der Waals surface area contributed by atoms with Crippen LogP contribution in [0, 0.1) is 6.92 Å². The standard InChI is InChI=1S/C12H12BrN3O3/c1-7-3-8(13)5-16(11(7)17)6-10-9(12(18)19)4-14-15(10)2/h3-5H,6H2,1-2H3,(H,18,19). The number of nitrogens with zero attached hydrogens (tertiary/aromatic N) is 3. The number of pyridine rings is 1. The number of hydrogen-bond donors (Lipinski definition) is 1. The van der Waals surface area contributed by atoms with Crippen LogP contribution in [0.25, 0.3) is 0 Å². The molecule has 2 rings (SSSR count). The van der Waals surface area contributed by atoms with Crippen LogP contribution in [-0.4, -0.2) is 25.4 Å². The second-order valence-electron chi connectivity index (χ2n) is 4.21. The SMILES string of the molecule is Cc1cc(Br)cn(Cc2c(C(=O)O)cnn2C)c1=O. The number of hydrogen-bond acceptors (Lipinski definition) is 3. The van der Waals surface area contributed by atoms with Gasteiger partial charge in [0.05, 0.1) is 18.4 Å². The van der Waals surface area contributed by atoms with Crippen molar-refractivity contribution < 1.29 is 9.90 Å². The number of carbonyl (C=O) groups is 1. The van der Waals surface area contributed by atoms with Gasteiger partial charge in [-0.1, -0.05) is 0 Å². The summed E-state index contributed by atoms with van der Waals surface area (Å²) < 4.78 is 3.69. The number of carboxylic acid groups (broad SMARTS) is 1. The fraction of sp³-hybridized carbons (Fsp3) is 0.250. The highest BCUT2D eigenvalue weighted by Crippen LogP contribution is 2.12. The van der Waals surface area contributed by atoms with Gasteiger partial charge in [0, 0.05) is 23.3 Å². The third kappa shape index (κ3) is 2.60. The molecule has 0 unspecified atom stereocenters. The number of aryl methyl sites for hydroxylation is 2. The molecule has 0 aromatic carbocycles. The molecule has 0 atom stereocenters. The predicted molar refractivity (Wildman–Crippen MR) is 72.4 cm³/mol. The molecule has 0 aliphatic carbocycles. The van der Waals surface area contributed by atoms with E-state index >= 15 is 0 Å². The maximum absolute atomic E-state index is 12.0. The van der Waals surface area contributed by atoms with Crippen LogP contribution < -0.4 is 5.56 Å². The molecule has 0 bridgehead atoms. The van der Waals surface area contributed by atoms with Crippen LogP contribution in [0.4, 0.5) is 0 Å². The molecule has 0 aliphatic heterocycles. The first kappa shape index (κ1) is 13.5. The third-order valence-electron chi connectivity index (χ3n) is 2.84. The van der Waals surface area contributed by atoms with Gasteiger partial charge in [-0.3, -0.25) is 9.48 Å². The minimum absolute atomic E-state index is 0.104. The van der Waals surface area contributed by atoms with Crippen molar-refractivity contribution in [2.75, 3.05) is 0 Å². The molecule has 2 aromatic heterocycles. The second kappa shape index (κ2) is 5.00. The number of halogens is 1. The largest absolute Gasteiger partial charge is 0.478 e. The van der Waals surface area contributed by atoms with Gasteiger partial charge in [-0.2, -0.15) is 5.10 Å². The summed E-state index contributed by atoms with van der Waals surface area (Å²) >= 11 is 3.32. The Kier molecular flexibility index (Phi) is 3.57. The number of rotatable bonds is 3. The molecule has 0 radical (unpaired) electrons. The van der Waals surface area contributed by atoms with Gasteiger partial charge in [0.2, 0.25) is 0 Å². The van der Waals surface area contributed by atoms with Crippen molar-refractivity contribution in [3.8, 4) is 0 Å². The zero-order chi connectivity index (χ0) is 14.2. The van der Waals surface area contributed by atoms with Gasteiger partial charge in [-0.05, 0) is 28.9 Å². The van der Waals surface area contributed by atoms with Crippen molar-refractivity contribution in [3.05, 3.63) is 50.1 Å². The van der Waals surface area contributed by atoms with E-state index in [2.05, 4.69) is 21.0 Å². The predicted octanol–water partition coefficient (Wildman–Crippen LogP) is 1.40. The van der Waals surface area contributed by atoms with Gasteiger partial charge in [0.1, 0.15) is 5.56 Å². The molecule has 0 aliphatic rings. The van der Waals surface area contributed by atoms with Crippen molar-refractivity contribution in [1.29, 1.82) is 0 Å². The van der Waals surface area contributed by atoms with E-state index in [0.29, 0.717) is 11.3 Å². The molecular formula is C12H12BrN3O3. The summed E-state index contributed by atoms with van der Waals surface area (Å²) in [5.74, 6) is -1.05. The van der Waals surface area contributed by atoms with E-state index in [1.54, 1.807) is 26.2 Å². The van der Waals surface area contributed by atoms with Crippen molar-refractivity contribution in [3.63, 3.8) is 0 Å². The summed E-state index contributed by atoms with van der Waals surface area (Å²) in [7, 11) is 1.65. The quantitative estimate of drug-likeness (QED) is 0.925. The summed E-state index contributed by atoms with van der Waals surface area (Å²) in [6.45, 7) is 1.88. The van der Waals surface area contributed by atoms with Crippen LogP contribution in [0.1, 0.15) is 21.6 Å². The summed E-state index contributed by atoms with van der Waals surface area (Å²) in [6, 6.07) is 1.72. The minimum atomic E-state index is -1.05. The molecule has 0 amide bonds. The van der Waals surface area contributed by atoms with E-state index in [9.17, 15) is 9.59 Å². The Hall–Kier alpha value is -1.89. The Balaban J connectivity index is 2.50. The lowest BCUT2D eigenvalue weighted by Crippen LogP contribution is -2.24. The van der Waals surface area contributed by atoms with Crippen LogP contribution in [0.2, 0.25) is 0 Å². The van der Waals surface area contributed by atoms with E-state index in [4.69, 9.17) is 5.11 Å². The zero-order valence-electron chi connectivity index (χ0n) is 10.4. The number of carboxylic acids is 1. The molecule has 2 heterocycles.